The number of aryl methyl sites for hydroxylation is 1. The van der Waals surface area contributed by atoms with Crippen LogP contribution >= 0.6 is 0 Å². The second kappa shape index (κ2) is 8.31. The predicted molar refractivity (Wildman–Crippen MR) is 127 cm³/mol. The highest BCUT2D eigenvalue weighted by atomic mass is 16.6. The third kappa shape index (κ3) is 4.31. The van der Waals surface area contributed by atoms with Crippen LogP contribution in [-0.4, -0.2) is 16.6 Å². The van der Waals surface area contributed by atoms with Crippen molar-refractivity contribution in [1.82, 2.24) is 5.32 Å². The molecule has 2 aliphatic rings. The Bertz CT molecular complexity index is 1220. The number of allylic oxidation sites excluding steroid dienone is 3. The maximum absolute atomic E-state index is 13.5. The smallest absolute Gasteiger partial charge is 0.269 e. The lowest BCUT2D eigenvalue weighted by molar-refractivity contribution is -0.384. The molecule has 1 unspecified atom stereocenters. The molecule has 0 aromatic heterocycles. The van der Waals surface area contributed by atoms with E-state index in [-0.39, 0.29) is 22.8 Å². The van der Waals surface area contributed by atoms with E-state index in [0.29, 0.717) is 40.9 Å². The van der Waals surface area contributed by atoms with E-state index >= 15 is 0 Å². The van der Waals surface area contributed by atoms with Crippen LogP contribution in [0.25, 0.3) is 0 Å². The van der Waals surface area contributed by atoms with E-state index in [0.717, 1.165) is 11.3 Å². The second-order valence-electron chi connectivity index (χ2n) is 9.55. The number of ketones is 1. The molecule has 2 aromatic carbocycles. The van der Waals surface area contributed by atoms with Crippen molar-refractivity contribution in [1.29, 1.82) is 0 Å². The van der Waals surface area contributed by atoms with Gasteiger partial charge in [0.15, 0.2) is 5.78 Å². The molecule has 4 rings (SSSR count). The van der Waals surface area contributed by atoms with Crippen molar-refractivity contribution in [2.24, 2.45) is 5.41 Å². The summed E-state index contributed by atoms with van der Waals surface area (Å²) < 4.78 is 0. The molecule has 1 aliphatic heterocycles. The molecule has 1 heterocycles. The Balaban J connectivity index is 1.82. The molecular weight excluding hydrogens is 418 g/mol. The molecule has 0 radical (unpaired) electrons. The maximum atomic E-state index is 13.5. The number of amides is 1. The number of non-ortho nitro benzene ring substituents is 1. The summed E-state index contributed by atoms with van der Waals surface area (Å²) >= 11 is 0. The van der Waals surface area contributed by atoms with E-state index in [4.69, 9.17) is 0 Å². The zero-order valence-corrected chi connectivity index (χ0v) is 19.2. The minimum absolute atomic E-state index is 0.00852. The molecule has 0 saturated carbocycles. The van der Waals surface area contributed by atoms with E-state index in [9.17, 15) is 19.7 Å². The number of carbonyl (C=O) groups is 2. The number of nitrogens with one attached hydrogen (secondary N) is 2. The molecule has 1 amide bonds. The Morgan fingerprint density at radius 2 is 1.76 bits per heavy atom. The van der Waals surface area contributed by atoms with E-state index in [1.807, 2.05) is 38.1 Å². The molecule has 2 aromatic rings. The van der Waals surface area contributed by atoms with Gasteiger partial charge < -0.3 is 10.6 Å². The molecule has 0 saturated heterocycles. The fraction of sp³-hybridized carbons (Fsp3) is 0.308. The molecule has 33 heavy (non-hydrogen) atoms. The van der Waals surface area contributed by atoms with Crippen molar-refractivity contribution in [3.8, 4) is 0 Å². The van der Waals surface area contributed by atoms with Crippen molar-refractivity contribution in [2.45, 2.75) is 46.5 Å². The number of dihydropyridines is 1. The number of benzene rings is 2. The number of para-hydroxylation sites is 1. The predicted octanol–water partition coefficient (Wildman–Crippen LogP) is 5.15. The average Bonchev–Trinajstić information content (AvgIpc) is 2.73. The van der Waals surface area contributed by atoms with Crippen molar-refractivity contribution in [2.75, 3.05) is 5.32 Å². The summed E-state index contributed by atoms with van der Waals surface area (Å²) in [7, 11) is 0. The highest BCUT2D eigenvalue weighted by molar-refractivity contribution is 6.10. The monoisotopic (exact) mass is 445 g/mol. The number of nitro groups is 1. The van der Waals surface area contributed by atoms with Crippen molar-refractivity contribution < 1.29 is 14.5 Å². The first-order valence-corrected chi connectivity index (χ1v) is 10.9. The van der Waals surface area contributed by atoms with Gasteiger partial charge in [0.05, 0.1) is 4.92 Å². The van der Waals surface area contributed by atoms with Crippen LogP contribution in [0.4, 0.5) is 11.4 Å². The SMILES string of the molecule is CC1=C(C(=O)Nc2ccccc2C)C(c2ccc([N+](=O)[O-])cc2)C2=C(CC(C)(C)CC2=O)N1. The number of nitrogens with zero attached hydrogens (tertiary/aromatic N) is 1. The fourth-order valence-electron chi connectivity index (χ4n) is 4.76. The largest absolute Gasteiger partial charge is 0.362 e. The fourth-order valence-corrected chi connectivity index (χ4v) is 4.76. The van der Waals surface area contributed by atoms with Gasteiger partial charge in [-0.25, -0.2) is 0 Å². The Morgan fingerprint density at radius 3 is 2.39 bits per heavy atom. The Labute approximate surface area is 192 Å². The standard InChI is InChI=1S/C26H27N3O4/c1-15-7-5-6-8-19(15)28-25(31)22-16(2)27-20-13-26(3,4)14-21(30)24(20)23(22)17-9-11-18(12-10-17)29(32)33/h5-12,23,27H,13-14H2,1-4H3,(H,28,31). The quantitative estimate of drug-likeness (QED) is 0.501. The zero-order valence-electron chi connectivity index (χ0n) is 19.2. The van der Waals surface area contributed by atoms with Crippen LogP contribution in [0.1, 0.15) is 50.7 Å². The molecule has 0 spiro atoms. The van der Waals surface area contributed by atoms with Crippen LogP contribution in [0.2, 0.25) is 0 Å². The van der Waals surface area contributed by atoms with Crippen molar-refractivity contribution in [3.05, 3.63) is 92.3 Å². The second-order valence-corrected chi connectivity index (χ2v) is 9.55. The first-order valence-electron chi connectivity index (χ1n) is 10.9. The van der Waals surface area contributed by atoms with Gasteiger partial charge in [0.1, 0.15) is 0 Å². The van der Waals surface area contributed by atoms with Gasteiger partial charge in [-0.1, -0.05) is 44.2 Å². The molecule has 7 nitrogen and oxygen atoms in total. The van der Waals surface area contributed by atoms with Gasteiger partial charge in [0.2, 0.25) is 0 Å². The maximum Gasteiger partial charge on any atom is 0.269 e. The lowest BCUT2D eigenvalue weighted by atomic mass is 9.68. The van der Waals surface area contributed by atoms with E-state index < -0.39 is 10.8 Å². The molecule has 0 bridgehead atoms. The molecule has 2 N–H and O–H groups in total. The van der Waals surface area contributed by atoms with Crippen molar-refractivity contribution in [3.63, 3.8) is 0 Å². The Morgan fingerprint density at radius 1 is 1.09 bits per heavy atom. The minimum Gasteiger partial charge on any atom is -0.362 e. The normalized spacial score (nSPS) is 19.6. The minimum atomic E-state index is -0.602. The molecule has 170 valence electrons. The highest BCUT2D eigenvalue weighted by Gasteiger charge is 2.42. The molecule has 0 fully saturated rings. The van der Waals surface area contributed by atoms with E-state index in [1.165, 1.54) is 12.1 Å². The number of hydrogen-bond donors (Lipinski definition) is 2. The van der Waals surface area contributed by atoms with Gasteiger partial charge in [-0.05, 0) is 42.9 Å². The van der Waals surface area contributed by atoms with Crippen molar-refractivity contribution >= 4 is 23.1 Å². The summed E-state index contributed by atoms with van der Waals surface area (Å²) in [6.07, 6.45) is 1.06. The van der Waals surface area contributed by atoms with Crippen LogP contribution in [-0.2, 0) is 9.59 Å². The Kier molecular flexibility index (Phi) is 5.66. The molecule has 1 atom stereocenters. The van der Waals surface area contributed by atoms with Crippen LogP contribution in [0.15, 0.2) is 71.1 Å². The van der Waals surface area contributed by atoms with Gasteiger partial charge >= 0.3 is 0 Å². The summed E-state index contributed by atoms with van der Waals surface area (Å²) in [5.74, 6) is -0.915. The number of nitro benzene ring substituents is 1. The number of anilines is 1. The summed E-state index contributed by atoms with van der Waals surface area (Å²) in [6.45, 7) is 7.85. The van der Waals surface area contributed by atoms with Crippen LogP contribution in [0.5, 0.6) is 0 Å². The lowest BCUT2D eigenvalue weighted by Crippen LogP contribution is -2.39. The molecule has 7 heteroatoms. The number of carbonyl (C=O) groups excluding carboxylic acids is 2. The summed E-state index contributed by atoms with van der Waals surface area (Å²) in [5, 5.41) is 17.5. The first kappa shape index (κ1) is 22.5. The van der Waals surface area contributed by atoms with Crippen LogP contribution < -0.4 is 10.6 Å². The highest BCUT2D eigenvalue weighted by Crippen LogP contribution is 2.47. The number of hydrogen-bond acceptors (Lipinski definition) is 5. The summed E-state index contributed by atoms with van der Waals surface area (Å²) in [5.41, 5.74) is 4.59. The third-order valence-corrected chi connectivity index (χ3v) is 6.31. The van der Waals surface area contributed by atoms with Gasteiger partial charge in [-0.3, -0.25) is 19.7 Å². The summed E-state index contributed by atoms with van der Waals surface area (Å²) in [4.78, 5) is 37.6. The Hall–Kier alpha value is -3.74. The van der Waals surface area contributed by atoms with Crippen LogP contribution in [0, 0.1) is 22.5 Å². The molecular formula is C26H27N3O4. The number of rotatable bonds is 4. The van der Waals surface area contributed by atoms with E-state index in [2.05, 4.69) is 24.5 Å². The molecule has 1 aliphatic carbocycles. The van der Waals surface area contributed by atoms with Gasteiger partial charge in [-0.15, -0.1) is 0 Å². The third-order valence-electron chi connectivity index (χ3n) is 6.31. The van der Waals surface area contributed by atoms with Gasteiger partial charge in [-0.2, -0.15) is 0 Å². The lowest BCUT2D eigenvalue weighted by Gasteiger charge is -2.39. The summed E-state index contributed by atoms with van der Waals surface area (Å²) in [6, 6.07) is 13.6. The van der Waals surface area contributed by atoms with Gasteiger partial charge in [0.25, 0.3) is 11.6 Å². The number of Topliss-reactive ketones (excluding diaryl/α,β-unsaturated/α-hetero) is 1. The van der Waals surface area contributed by atoms with Crippen LogP contribution in [0.3, 0.4) is 0 Å². The zero-order chi connectivity index (χ0) is 23.9. The first-order chi connectivity index (χ1) is 15.6. The van der Waals surface area contributed by atoms with Gasteiger partial charge in [0, 0.05) is 52.7 Å². The van der Waals surface area contributed by atoms with E-state index in [1.54, 1.807) is 12.1 Å². The topological polar surface area (TPSA) is 101 Å². The average molecular weight is 446 g/mol.